The number of nitrogens with one attached hydrogen (secondary N) is 1. The molecule has 0 radical (unpaired) electrons. The zero-order valence-electron chi connectivity index (χ0n) is 18.9. The van der Waals surface area contributed by atoms with Crippen LogP contribution in [-0.2, 0) is 10.2 Å². The van der Waals surface area contributed by atoms with Crippen LogP contribution in [0.1, 0.15) is 40.2 Å². The fraction of sp³-hybridized carbons (Fsp3) is 0.636. The van der Waals surface area contributed by atoms with Crippen molar-refractivity contribution in [3.8, 4) is 5.75 Å². The SMILES string of the molecule is COc1cccc(C(C)(C)CNC2=NCC3CN(C(=O)OC(C)(C)C)CCN23)c1.I. The largest absolute Gasteiger partial charge is 0.497 e. The Morgan fingerprint density at radius 1 is 1.23 bits per heavy atom. The molecule has 2 aliphatic rings. The maximum atomic E-state index is 12.4. The van der Waals surface area contributed by atoms with Crippen molar-refractivity contribution in [2.24, 2.45) is 4.99 Å². The van der Waals surface area contributed by atoms with E-state index in [2.05, 4.69) is 36.2 Å². The second-order valence-corrected chi connectivity index (χ2v) is 9.41. The smallest absolute Gasteiger partial charge is 0.410 e. The van der Waals surface area contributed by atoms with Crippen molar-refractivity contribution in [2.45, 2.75) is 51.7 Å². The number of halogens is 1. The first-order valence-corrected chi connectivity index (χ1v) is 10.3. The maximum absolute atomic E-state index is 12.4. The number of hydrogen-bond donors (Lipinski definition) is 1. The molecule has 30 heavy (non-hydrogen) atoms. The molecular formula is C22H35IN4O3. The van der Waals surface area contributed by atoms with Crippen LogP contribution in [0.15, 0.2) is 29.3 Å². The molecule has 1 aromatic carbocycles. The van der Waals surface area contributed by atoms with Crippen molar-refractivity contribution in [3.05, 3.63) is 29.8 Å². The standard InChI is InChI=1S/C22H34N4O3.HI/c1-21(2,3)29-20(27)25-10-11-26-17(14-25)13-23-19(26)24-15-22(4,5)16-8-7-9-18(12-16)28-6;/h7-9,12,17H,10-11,13-15H2,1-6H3,(H,23,24);1H. The number of nitrogens with zero attached hydrogens (tertiary/aromatic N) is 3. The quantitative estimate of drug-likeness (QED) is 0.605. The zero-order valence-corrected chi connectivity index (χ0v) is 21.2. The van der Waals surface area contributed by atoms with Crippen LogP contribution in [-0.4, -0.2) is 73.3 Å². The average molecular weight is 530 g/mol. The van der Waals surface area contributed by atoms with Gasteiger partial charge < -0.3 is 24.6 Å². The summed E-state index contributed by atoms with van der Waals surface area (Å²) in [5, 5.41) is 3.54. The molecule has 1 atom stereocenters. The van der Waals surface area contributed by atoms with Gasteiger partial charge in [0.15, 0.2) is 5.96 Å². The van der Waals surface area contributed by atoms with Gasteiger partial charge >= 0.3 is 6.09 Å². The van der Waals surface area contributed by atoms with Crippen LogP contribution in [0.4, 0.5) is 4.79 Å². The number of hydrogen-bond acceptors (Lipinski definition) is 6. The number of fused-ring (bicyclic) bond motifs is 1. The minimum atomic E-state index is -0.473. The van der Waals surface area contributed by atoms with E-state index in [-0.39, 0.29) is 41.5 Å². The highest BCUT2D eigenvalue weighted by atomic mass is 127. The van der Waals surface area contributed by atoms with E-state index in [4.69, 9.17) is 14.5 Å². The lowest BCUT2D eigenvalue weighted by Gasteiger charge is -2.39. The van der Waals surface area contributed by atoms with E-state index in [9.17, 15) is 4.79 Å². The fourth-order valence-electron chi connectivity index (χ4n) is 3.67. The van der Waals surface area contributed by atoms with Crippen LogP contribution < -0.4 is 10.1 Å². The monoisotopic (exact) mass is 530 g/mol. The highest BCUT2D eigenvalue weighted by Crippen LogP contribution is 2.26. The first-order chi connectivity index (χ1) is 13.6. The van der Waals surface area contributed by atoms with Gasteiger partial charge in [-0.2, -0.15) is 0 Å². The normalized spacial score (nSPS) is 18.9. The summed E-state index contributed by atoms with van der Waals surface area (Å²) in [6.07, 6.45) is -0.238. The van der Waals surface area contributed by atoms with Gasteiger partial charge in [0.25, 0.3) is 0 Å². The van der Waals surface area contributed by atoms with Crippen LogP contribution in [0.5, 0.6) is 5.75 Å². The van der Waals surface area contributed by atoms with E-state index in [1.807, 2.05) is 32.9 Å². The number of aliphatic imine (C=N–C) groups is 1. The Labute approximate surface area is 197 Å². The van der Waals surface area contributed by atoms with Gasteiger partial charge in [0.1, 0.15) is 11.4 Å². The van der Waals surface area contributed by atoms with E-state index in [0.717, 1.165) is 24.8 Å². The number of benzene rings is 1. The van der Waals surface area contributed by atoms with Gasteiger partial charge in [-0.3, -0.25) is 4.99 Å². The van der Waals surface area contributed by atoms with Gasteiger partial charge in [0.2, 0.25) is 0 Å². The van der Waals surface area contributed by atoms with Crippen molar-refractivity contribution in [1.29, 1.82) is 0 Å². The molecule has 0 aromatic heterocycles. The number of amides is 1. The van der Waals surface area contributed by atoms with Gasteiger partial charge in [-0.25, -0.2) is 4.79 Å². The topological polar surface area (TPSA) is 66.4 Å². The number of carbonyl (C=O) groups excluding carboxylic acids is 1. The molecule has 2 aliphatic heterocycles. The predicted octanol–water partition coefficient (Wildman–Crippen LogP) is 3.47. The van der Waals surface area contributed by atoms with E-state index in [1.165, 1.54) is 5.56 Å². The van der Waals surface area contributed by atoms with Gasteiger partial charge in [-0.1, -0.05) is 26.0 Å². The molecule has 3 rings (SSSR count). The minimum Gasteiger partial charge on any atom is -0.497 e. The lowest BCUT2D eigenvalue weighted by Crippen LogP contribution is -2.58. The molecule has 0 bridgehead atoms. The summed E-state index contributed by atoms with van der Waals surface area (Å²) in [5.41, 5.74) is 0.668. The molecule has 1 saturated heterocycles. The second kappa shape index (κ2) is 9.62. The Morgan fingerprint density at radius 3 is 2.63 bits per heavy atom. The van der Waals surface area contributed by atoms with Crippen molar-refractivity contribution in [2.75, 3.05) is 39.8 Å². The third kappa shape index (κ3) is 5.92. The van der Waals surface area contributed by atoms with Crippen LogP contribution in [0, 0.1) is 0 Å². The van der Waals surface area contributed by atoms with Gasteiger partial charge in [0.05, 0.1) is 19.7 Å². The Balaban J connectivity index is 0.00000320. The van der Waals surface area contributed by atoms with Crippen molar-refractivity contribution in [3.63, 3.8) is 0 Å². The Hall–Kier alpha value is -1.71. The molecule has 2 heterocycles. The van der Waals surface area contributed by atoms with Gasteiger partial charge in [-0.15, -0.1) is 24.0 Å². The van der Waals surface area contributed by atoms with E-state index >= 15 is 0 Å². The zero-order chi connectivity index (χ0) is 21.2. The summed E-state index contributed by atoms with van der Waals surface area (Å²) in [4.78, 5) is 21.2. The van der Waals surface area contributed by atoms with E-state index in [0.29, 0.717) is 19.6 Å². The summed E-state index contributed by atoms with van der Waals surface area (Å²) in [6, 6.07) is 8.40. The Kier molecular flexibility index (Phi) is 7.87. The first kappa shape index (κ1) is 24.6. The first-order valence-electron chi connectivity index (χ1n) is 10.3. The van der Waals surface area contributed by atoms with Crippen molar-refractivity contribution >= 4 is 36.0 Å². The molecule has 1 N–H and O–H groups in total. The third-order valence-corrected chi connectivity index (χ3v) is 5.40. The molecule has 1 unspecified atom stereocenters. The van der Waals surface area contributed by atoms with Crippen molar-refractivity contribution in [1.82, 2.24) is 15.1 Å². The van der Waals surface area contributed by atoms with Crippen molar-refractivity contribution < 1.29 is 14.3 Å². The van der Waals surface area contributed by atoms with Gasteiger partial charge in [-0.05, 0) is 38.5 Å². The summed E-state index contributed by atoms with van der Waals surface area (Å²) in [6.45, 7) is 13.6. The lowest BCUT2D eigenvalue weighted by atomic mass is 9.84. The molecule has 0 aliphatic carbocycles. The minimum absolute atomic E-state index is 0. The molecule has 7 nitrogen and oxygen atoms in total. The van der Waals surface area contributed by atoms with Crippen LogP contribution in [0.2, 0.25) is 0 Å². The highest BCUT2D eigenvalue weighted by molar-refractivity contribution is 14.0. The highest BCUT2D eigenvalue weighted by Gasteiger charge is 2.37. The Morgan fingerprint density at radius 2 is 1.97 bits per heavy atom. The predicted molar refractivity (Wildman–Crippen MR) is 130 cm³/mol. The number of rotatable bonds is 4. The van der Waals surface area contributed by atoms with Crippen LogP contribution >= 0.6 is 24.0 Å². The van der Waals surface area contributed by atoms with Crippen LogP contribution in [0.25, 0.3) is 0 Å². The number of guanidine groups is 1. The number of piperazine rings is 1. The number of carbonyl (C=O) groups is 1. The Bertz CT molecular complexity index is 776. The average Bonchev–Trinajstić information content (AvgIpc) is 3.07. The molecule has 168 valence electrons. The summed E-state index contributed by atoms with van der Waals surface area (Å²) in [7, 11) is 1.69. The number of ether oxygens (including phenoxy) is 2. The lowest BCUT2D eigenvalue weighted by molar-refractivity contribution is 0.0137. The molecular weight excluding hydrogens is 495 g/mol. The van der Waals surface area contributed by atoms with Crippen LogP contribution in [0.3, 0.4) is 0 Å². The molecule has 0 saturated carbocycles. The number of methoxy groups -OCH3 is 1. The molecule has 1 aromatic rings. The third-order valence-electron chi connectivity index (χ3n) is 5.40. The summed E-state index contributed by atoms with van der Waals surface area (Å²) < 4.78 is 10.9. The summed E-state index contributed by atoms with van der Waals surface area (Å²) in [5.74, 6) is 1.79. The van der Waals surface area contributed by atoms with E-state index in [1.54, 1.807) is 12.0 Å². The fourth-order valence-corrected chi connectivity index (χ4v) is 3.67. The molecule has 8 heteroatoms. The molecule has 0 spiro atoms. The van der Waals surface area contributed by atoms with Gasteiger partial charge in [0, 0.05) is 31.6 Å². The summed E-state index contributed by atoms with van der Waals surface area (Å²) >= 11 is 0. The molecule has 1 fully saturated rings. The second-order valence-electron chi connectivity index (χ2n) is 9.41. The van der Waals surface area contributed by atoms with E-state index < -0.39 is 5.60 Å². The molecule has 1 amide bonds. The maximum Gasteiger partial charge on any atom is 0.410 e.